The fourth-order valence-corrected chi connectivity index (χ4v) is 9.22. The molecule has 234 valence electrons. The Bertz CT molecular complexity index is 3110. The van der Waals surface area contributed by atoms with Gasteiger partial charge in [0.05, 0.1) is 27.1 Å². The lowest BCUT2D eigenvalue weighted by Gasteiger charge is -2.28. The van der Waals surface area contributed by atoms with E-state index in [0.717, 1.165) is 44.7 Å². The molecule has 0 unspecified atom stereocenters. The van der Waals surface area contributed by atoms with E-state index in [1.54, 1.807) is 0 Å². The molecule has 11 rings (SSSR count). The van der Waals surface area contributed by atoms with Gasteiger partial charge in [0.25, 0.3) is 0 Å². The normalized spacial score (nSPS) is 12.0. The van der Waals surface area contributed by atoms with Crippen LogP contribution in [0.1, 0.15) is 0 Å². The average molecular weight is 657 g/mol. The highest BCUT2D eigenvalue weighted by molar-refractivity contribution is 7.26. The predicted molar refractivity (Wildman–Crippen MR) is 213 cm³/mol. The number of nitrogens with zero attached hydrogens (tertiary/aromatic N) is 2. The minimum Gasteiger partial charge on any atom is -0.456 e. The van der Waals surface area contributed by atoms with Crippen LogP contribution >= 0.6 is 11.3 Å². The van der Waals surface area contributed by atoms with Gasteiger partial charge in [-0.05, 0) is 71.4 Å². The van der Waals surface area contributed by atoms with Gasteiger partial charge >= 0.3 is 0 Å². The fraction of sp³-hybridized carbons (Fsp3) is 0. The number of para-hydroxylation sites is 4. The van der Waals surface area contributed by atoms with Gasteiger partial charge in [-0.25, -0.2) is 0 Å². The van der Waals surface area contributed by atoms with E-state index in [4.69, 9.17) is 4.42 Å². The van der Waals surface area contributed by atoms with Crippen LogP contribution < -0.4 is 4.90 Å². The summed E-state index contributed by atoms with van der Waals surface area (Å²) in [7, 11) is 0. The standard InChI is InChI=1S/C46H28N2OS/c1-2-12-30(13-3-1)48-38-19-7-4-14-32(38)34-17-10-20-39(45(34)48)47(40-21-11-18-35-33-15-6-9-23-43(33)50-46(35)40)31-26-24-29-25-27-42-44(37(29)28-31)36-16-5-8-22-41(36)49-42/h1-28H. The fourth-order valence-electron chi connectivity index (χ4n) is 8.01. The molecule has 0 aliphatic heterocycles. The van der Waals surface area contributed by atoms with Crippen LogP contribution in [0.4, 0.5) is 17.1 Å². The van der Waals surface area contributed by atoms with Gasteiger partial charge in [-0.1, -0.05) is 109 Å². The number of anilines is 3. The average Bonchev–Trinajstić information content (AvgIpc) is 3.86. The first-order chi connectivity index (χ1) is 24.8. The van der Waals surface area contributed by atoms with Crippen molar-refractivity contribution in [2.45, 2.75) is 0 Å². The van der Waals surface area contributed by atoms with Gasteiger partial charge < -0.3 is 13.9 Å². The first-order valence-electron chi connectivity index (χ1n) is 16.9. The predicted octanol–water partition coefficient (Wildman–Crippen LogP) is 13.7. The monoisotopic (exact) mass is 656 g/mol. The summed E-state index contributed by atoms with van der Waals surface area (Å²) in [6.07, 6.45) is 0. The molecule has 4 heteroatoms. The highest BCUT2D eigenvalue weighted by Crippen LogP contribution is 2.49. The Morgan fingerprint density at radius 1 is 0.480 bits per heavy atom. The highest BCUT2D eigenvalue weighted by Gasteiger charge is 2.24. The van der Waals surface area contributed by atoms with Crippen LogP contribution in [0.3, 0.4) is 0 Å². The number of hydrogen-bond donors (Lipinski definition) is 0. The van der Waals surface area contributed by atoms with E-state index >= 15 is 0 Å². The molecule has 0 atom stereocenters. The van der Waals surface area contributed by atoms with E-state index in [0.29, 0.717) is 0 Å². The molecular weight excluding hydrogens is 629 g/mol. The number of benzene rings is 8. The Labute approximate surface area is 291 Å². The lowest BCUT2D eigenvalue weighted by Crippen LogP contribution is -2.12. The van der Waals surface area contributed by atoms with Crippen molar-refractivity contribution >= 4 is 103 Å². The van der Waals surface area contributed by atoms with E-state index in [2.05, 4.69) is 173 Å². The van der Waals surface area contributed by atoms with Gasteiger partial charge in [0.1, 0.15) is 11.2 Å². The molecule has 3 heterocycles. The summed E-state index contributed by atoms with van der Waals surface area (Å²) in [6.45, 7) is 0. The molecule has 0 N–H and O–H groups in total. The zero-order valence-corrected chi connectivity index (χ0v) is 27.7. The van der Waals surface area contributed by atoms with E-state index < -0.39 is 0 Å². The van der Waals surface area contributed by atoms with Crippen LogP contribution in [-0.4, -0.2) is 4.57 Å². The quantitative estimate of drug-likeness (QED) is 0.188. The van der Waals surface area contributed by atoms with Gasteiger partial charge in [-0.3, -0.25) is 0 Å². The second-order valence-electron chi connectivity index (χ2n) is 12.9. The van der Waals surface area contributed by atoms with Crippen molar-refractivity contribution < 1.29 is 4.42 Å². The van der Waals surface area contributed by atoms with Gasteiger partial charge in [-0.2, -0.15) is 0 Å². The van der Waals surface area contributed by atoms with Crippen molar-refractivity contribution in [1.29, 1.82) is 0 Å². The van der Waals surface area contributed by atoms with Crippen LogP contribution in [0, 0.1) is 0 Å². The van der Waals surface area contributed by atoms with Crippen LogP contribution in [0.5, 0.6) is 0 Å². The smallest absolute Gasteiger partial charge is 0.136 e. The molecule has 8 aromatic carbocycles. The van der Waals surface area contributed by atoms with Crippen molar-refractivity contribution in [2.75, 3.05) is 4.90 Å². The third-order valence-electron chi connectivity index (χ3n) is 10.2. The molecule has 3 aromatic heterocycles. The summed E-state index contributed by atoms with van der Waals surface area (Å²) in [5, 5.41) is 9.66. The molecule has 0 saturated carbocycles. The van der Waals surface area contributed by atoms with Crippen molar-refractivity contribution in [2.24, 2.45) is 0 Å². The van der Waals surface area contributed by atoms with Crippen molar-refractivity contribution in [3.63, 3.8) is 0 Å². The lowest BCUT2D eigenvalue weighted by atomic mass is 10.0. The lowest BCUT2D eigenvalue weighted by molar-refractivity contribution is 0.669. The van der Waals surface area contributed by atoms with E-state index in [1.165, 1.54) is 52.8 Å². The Hall–Kier alpha value is -6.36. The summed E-state index contributed by atoms with van der Waals surface area (Å²) >= 11 is 1.86. The summed E-state index contributed by atoms with van der Waals surface area (Å²) in [6, 6.07) is 61.3. The molecule has 0 radical (unpaired) electrons. The number of hydrogen-bond acceptors (Lipinski definition) is 3. The van der Waals surface area contributed by atoms with Crippen LogP contribution in [0.25, 0.3) is 80.4 Å². The van der Waals surface area contributed by atoms with Gasteiger partial charge in [-0.15, -0.1) is 11.3 Å². The minimum atomic E-state index is 0.903. The Kier molecular flexibility index (Phi) is 5.83. The van der Waals surface area contributed by atoms with E-state index in [1.807, 2.05) is 17.4 Å². The molecule has 0 spiro atoms. The Morgan fingerprint density at radius 2 is 1.18 bits per heavy atom. The van der Waals surface area contributed by atoms with Gasteiger partial charge in [0, 0.05) is 48.4 Å². The maximum absolute atomic E-state index is 6.36. The maximum Gasteiger partial charge on any atom is 0.136 e. The number of thiophene rings is 1. The summed E-state index contributed by atoms with van der Waals surface area (Å²) in [4.78, 5) is 2.49. The molecule has 0 fully saturated rings. The van der Waals surface area contributed by atoms with E-state index in [9.17, 15) is 0 Å². The van der Waals surface area contributed by atoms with Gasteiger partial charge in [0.15, 0.2) is 0 Å². The number of furan rings is 1. The first-order valence-corrected chi connectivity index (χ1v) is 17.8. The summed E-state index contributed by atoms with van der Waals surface area (Å²) in [5.74, 6) is 0. The summed E-state index contributed by atoms with van der Waals surface area (Å²) < 4.78 is 11.3. The molecule has 0 amide bonds. The maximum atomic E-state index is 6.36. The zero-order valence-electron chi connectivity index (χ0n) is 26.9. The molecular formula is C46H28N2OS. The molecule has 0 aliphatic carbocycles. The van der Waals surface area contributed by atoms with Crippen molar-refractivity contribution in [3.8, 4) is 5.69 Å². The first kappa shape index (κ1) is 27.6. The molecule has 11 aromatic rings. The largest absolute Gasteiger partial charge is 0.456 e. The third-order valence-corrected chi connectivity index (χ3v) is 11.4. The van der Waals surface area contributed by atoms with Crippen molar-refractivity contribution in [3.05, 3.63) is 170 Å². The molecule has 0 saturated heterocycles. The summed E-state index contributed by atoms with van der Waals surface area (Å²) in [5.41, 5.74) is 8.68. The van der Waals surface area contributed by atoms with Crippen LogP contribution in [-0.2, 0) is 0 Å². The molecule has 3 nitrogen and oxygen atoms in total. The Morgan fingerprint density at radius 3 is 2.08 bits per heavy atom. The minimum absolute atomic E-state index is 0.903. The van der Waals surface area contributed by atoms with Gasteiger partial charge in [0.2, 0.25) is 0 Å². The molecule has 50 heavy (non-hydrogen) atoms. The van der Waals surface area contributed by atoms with Crippen LogP contribution in [0.15, 0.2) is 174 Å². The van der Waals surface area contributed by atoms with Crippen LogP contribution in [0.2, 0.25) is 0 Å². The second-order valence-corrected chi connectivity index (χ2v) is 13.9. The SMILES string of the molecule is c1ccc(-n2c3ccccc3c3cccc(N(c4ccc5ccc6oc7ccccc7c6c5c4)c4cccc5c4sc4ccccc45)c32)cc1. The van der Waals surface area contributed by atoms with E-state index in [-0.39, 0.29) is 0 Å². The topological polar surface area (TPSA) is 21.3 Å². The number of fused-ring (bicyclic) bond motifs is 11. The zero-order chi connectivity index (χ0) is 32.8. The number of aromatic nitrogens is 1. The Balaban J connectivity index is 1.29. The molecule has 0 bridgehead atoms. The third kappa shape index (κ3) is 3.91. The second kappa shape index (κ2) is 10.6. The van der Waals surface area contributed by atoms with Crippen molar-refractivity contribution in [1.82, 2.24) is 4.57 Å². The highest BCUT2D eigenvalue weighted by atomic mass is 32.1. The molecule has 0 aliphatic rings. The number of rotatable bonds is 4.